The first-order valence-corrected chi connectivity index (χ1v) is 4.92. The lowest BCUT2D eigenvalue weighted by Gasteiger charge is -2.15. The molecule has 0 atom stereocenters. The third kappa shape index (κ3) is 1.74. The highest BCUT2D eigenvalue weighted by Gasteiger charge is 2.17. The van der Waals surface area contributed by atoms with Gasteiger partial charge in [-0.05, 0) is 6.20 Å². The topological polar surface area (TPSA) is 40.6 Å². The molecule has 4 nitrogen and oxygen atoms in total. The molecule has 0 N–H and O–H groups in total. The maximum absolute atomic E-state index is 10.9. The van der Waals surface area contributed by atoms with Crippen molar-refractivity contribution in [2.45, 2.75) is 0 Å². The van der Waals surface area contributed by atoms with E-state index in [1.54, 1.807) is 17.3 Å². The summed E-state index contributed by atoms with van der Waals surface area (Å²) in [6.07, 6.45) is 5.91. The van der Waals surface area contributed by atoms with Crippen LogP contribution in [0, 0.1) is 0 Å². The van der Waals surface area contributed by atoms with Crippen LogP contribution in [0.5, 0.6) is 0 Å². The highest BCUT2D eigenvalue weighted by Crippen LogP contribution is 2.09. The van der Waals surface area contributed by atoms with Gasteiger partial charge in [0.25, 0.3) is 0 Å². The van der Waals surface area contributed by atoms with E-state index >= 15 is 0 Å². The average Bonchev–Trinajstić information content (AvgIpc) is 2.32. The summed E-state index contributed by atoms with van der Waals surface area (Å²) < 4.78 is 23.1. The summed E-state index contributed by atoms with van der Waals surface area (Å²) in [6, 6.07) is 0. The molecule has 0 unspecified atom stereocenters. The van der Waals surface area contributed by atoms with E-state index in [0.717, 1.165) is 0 Å². The third-order valence-corrected chi connectivity index (χ3v) is 2.48. The van der Waals surface area contributed by atoms with E-state index in [4.69, 9.17) is 0 Å². The van der Waals surface area contributed by atoms with Crippen LogP contribution in [-0.4, -0.2) is 30.5 Å². The summed E-state index contributed by atoms with van der Waals surface area (Å²) in [5, 5.41) is 0. The van der Waals surface area contributed by atoms with Crippen LogP contribution in [0.1, 0.15) is 0 Å². The van der Waals surface area contributed by atoms with Crippen LogP contribution in [-0.2, 0) is 10.0 Å². The molecule has 0 spiro atoms. The van der Waals surface area contributed by atoms with Crippen LogP contribution < -0.4 is 0 Å². The van der Waals surface area contributed by atoms with Crippen molar-refractivity contribution < 1.29 is 8.42 Å². The molecule has 0 saturated carbocycles. The van der Waals surface area contributed by atoms with Crippen molar-refractivity contribution >= 4 is 10.0 Å². The molecule has 0 fully saturated rings. The van der Waals surface area contributed by atoms with Gasteiger partial charge >= 0.3 is 0 Å². The third-order valence-electron chi connectivity index (χ3n) is 1.39. The molecule has 0 amide bonds. The van der Waals surface area contributed by atoms with Crippen molar-refractivity contribution in [2.24, 2.45) is 0 Å². The molecule has 1 heterocycles. The monoisotopic (exact) mass is 174 g/mol. The number of rotatable bonds is 2. The molecule has 1 aliphatic rings. The molecule has 0 bridgehead atoms. The van der Waals surface area contributed by atoms with Gasteiger partial charge < -0.3 is 4.90 Å². The minimum absolute atomic E-state index is 0.336. The minimum Gasteiger partial charge on any atom is -0.334 e. The Hall–Kier alpha value is -0.970. The van der Waals surface area contributed by atoms with Gasteiger partial charge in [0.15, 0.2) is 0 Å². The van der Waals surface area contributed by atoms with Crippen LogP contribution in [0.2, 0.25) is 0 Å². The summed E-state index contributed by atoms with van der Waals surface area (Å²) in [7, 11) is -3.09. The van der Waals surface area contributed by atoms with E-state index in [9.17, 15) is 8.42 Å². The molecule has 0 aromatic heterocycles. The summed E-state index contributed by atoms with van der Waals surface area (Å²) in [5.41, 5.74) is 0. The first-order chi connectivity index (χ1) is 5.04. The van der Waals surface area contributed by atoms with Crippen molar-refractivity contribution in [1.29, 1.82) is 0 Å². The Morgan fingerprint density at radius 1 is 1.55 bits per heavy atom. The lowest BCUT2D eigenvalue weighted by atomic mass is 10.8. The molecule has 0 aromatic rings. The molecular weight excluding hydrogens is 164 g/mol. The van der Waals surface area contributed by atoms with Gasteiger partial charge in [-0.1, -0.05) is 6.58 Å². The Bertz CT molecular complexity index is 281. The van der Waals surface area contributed by atoms with Gasteiger partial charge in [0.2, 0.25) is 10.0 Å². The van der Waals surface area contributed by atoms with E-state index < -0.39 is 10.0 Å². The molecule has 62 valence electrons. The van der Waals surface area contributed by atoms with E-state index in [1.165, 1.54) is 16.8 Å². The predicted octanol–water partition coefficient (Wildman–Crippen LogP) is 0.136. The zero-order valence-corrected chi connectivity index (χ0v) is 7.08. The fourth-order valence-corrected chi connectivity index (χ4v) is 1.37. The minimum atomic E-state index is -3.09. The van der Waals surface area contributed by atoms with Crippen molar-refractivity contribution in [3.8, 4) is 0 Å². The van der Waals surface area contributed by atoms with Crippen LogP contribution in [0.3, 0.4) is 0 Å². The van der Waals surface area contributed by atoms with Crippen molar-refractivity contribution in [1.82, 2.24) is 9.21 Å². The Kier molecular flexibility index (Phi) is 1.90. The SMILES string of the molecule is C=CN1C=CN(S(C)(=O)=O)C1. The van der Waals surface area contributed by atoms with Crippen LogP contribution >= 0.6 is 0 Å². The van der Waals surface area contributed by atoms with Gasteiger partial charge in [-0.3, -0.25) is 4.31 Å². The Balaban J connectivity index is 2.72. The summed E-state index contributed by atoms with van der Waals surface area (Å²) in [5.74, 6) is 0. The maximum Gasteiger partial charge on any atom is 0.233 e. The van der Waals surface area contributed by atoms with Gasteiger partial charge in [0, 0.05) is 12.4 Å². The van der Waals surface area contributed by atoms with E-state index in [-0.39, 0.29) is 0 Å². The Morgan fingerprint density at radius 3 is 2.45 bits per heavy atom. The molecule has 1 aliphatic heterocycles. The predicted molar refractivity (Wildman–Crippen MR) is 42.7 cm³/mol. The highest BCUT2D eigenvalue weighted by molar-refractivity contribution is 7.88. The zero-order valence-electron chi connectivity index (χ0n) is 6.27. The average molecular weight is 174 g/mol. The van der Waals surface area contributed by atoms with Crippen molar-refractivity contribution in [3.63, 3.8) is 0 Å². The van der Waals surface area contributed by atoms with Gasteiger partial charge in [-0.2, -0.15) is 0 Å². The first kappa shape index (κ1) is 8.13. The number of hydrogen-bond donors (Lipinski definition) is 0. The quantitative estimate of drug-likeness (QED) is 0.597. The second-order valence-corrected chi connectivity index (χ2v) is 4.22. The van der Waals surface area contributed by atoms with Gasteiger partial charge in [0.05, 0.1) is 6.26 Å². The second kappa shape index (κ2) is 2.58. The number of hydrogen-bond acceptors (Lipinski definition) is 3. The van der Waals surface area contributed by atoms with E-state index in [2.05, 4.69) is 6.58 Å². The lowest BCUT2D eigenvalue weighted by Crippen LogP contribution is -2.27. The van der Waals surface area contributed by atoms with E-state index in [0.29, 0.717) is 6.67 Å². The number of nitrogens with zero attached hydrogens (tertiary/aromatic N) is 2. The molecule has 0 aliphatic carbocycles. The highest BCUT2D eigenvalue weighted by atomic mass is 32.2. The maximum atomic E-state index is 10.9. The molecule has 11 heavy (non-hydrogen) atoms. The summed E-state index contributed by atoms with van der Waals surface area (Å²) in [4.78, 5) is 1.68. The van der Waals surface area contributed by atoms with Crippen LogP contribution in [0.15, 0.2) is 25.2 Å². The normalized spacial score (nSPS) is 17.5. The fraction of sp³-hybridized carbons (Fsp3) is 0.333. The second-order valence-electron chi connectivity index (χ2n) is 2.29. The van der Waals surface area contributed by atoms with Gasteiger partial charge in [-0.25, -0.2) is 8.42 Å². The molecule has 0 saturated heterocycles. The molecular formula is C6H10N2O2S. The number of sulfonamides is 1. The van der Waals surface area contributed by atoms with Crippen LogP contribution in [0.4, 0.5) is 0 Å². The van der Waals surface area contributed by atoms with Crippen molar-refractivity contribution in [3.05, 3.63) is 25.2 Å². The molecule has 1 rings (SSSR count). The molecule has 0 aromatic carbocycles. The fourth-order valence-electron chi connectivity index (χ4n) is 0.749. The Labute approximate surface area is 66.5 Å². The first-order valence-electron chi connectivity index (χ1n) is 3.07. The van der Waals surface area contributed by atoms with Crippen molar-refractivity contribution in [2.75, 3.05) is 12.9 Å². The Morgan fingerprint density at radius 2 is 2.18 bits per heavy atom. The zero-order chi connectivity index (χ0) is 8.48. The standard InChI is InChI=1S/C6H10N2O2S/c1-3-7-4-5-8(6-7)11(2,9)10/h3-5H,1,6H2,2H3. The molecule has 0 radical (unpaired) electrons. The van der Waals surface area contributed by atoms with Crippen LogP contribution in [0.25, 0.3) is 0 Å². The van der Waals surface area contributed by atoms with Gasteiger partial charge in [-0.15, -0.1) is 0 Å². The molecule has 5 heteroatoms. The van der Waals surface area contributed by atoms with Gasteiger partial charge in [0.1, 0.15) is 6.67 Å². The smallest absolute Gasteiger partial charge is 0.233 e. The lowest BCUT2D eigenvalue weighted by molar-refractivity contribution is 0.416. The largest absolute Gasteiger partial charge is 0.334 e. The van der Waals surface area contributed by atoms with E-state index in [1.807, 2.05) is 0 Å². The summed E-state index contributed by atoms with van der Waals surface area (Å²) >= 11 is 0. The summed E-state index contributed by atoms with van der Waals surface area (Å²) in [6.45, 7) is 3.85.